The number of rotatable bonds is 4. The highest BCUT2D eigenvalue weighted by Gasteiger charge is 2.31. The number of piperazine rings is 1. The number of aromatic nitrogens is 3. The Morgan fingerprint density at radius 2 is 2.10 bits per heavy atom. The van der Waals surface area contributed by atoms with Crippen molar-refractivity contribution in [2.24, 2.45) is 0 Å². The van der Waals surface area contributed by atoms with E-state index in [0.29, 0.717) is 18.7 Å². The molecule has 1 unspecified atom stereocenters. The quantitative estimate of drug-likeness (QED) is 0.737. The van der Waals surface area contributed by atoms with Crippen molar-refractivity contribution in [2.75, 3.05) is 26.7 Å². The van der Waals surface area contributed by atoms with Crippen molar-refractivity contribution in [2.45, 2.75) is 32.9 Å². The molecule has 0 bridgehead atoms. The first-order chi connectivity index (χ1) is 14.0. The lowest BCUT2D eigenvalue weighted by molar-refractivity contribution is 0.0630. The number of hydrogen-bond donors (Lipinski definition) is 1. The topological polar surface area (TPSA) is 72.3 Å². The largest absolute Gasteiger partial charge is 0.496 e. The first-order valence-electron chi connectivity index (χ1n) is 10.0. The minimum Gasteiger partial charge on any atom is -0.496 e. The van der Waals surface area contributed by atoms with Crippen molar-refractivity contribution >= 4 is 16.9 Å². The van der Waals surface area contributed by atoms with Crippen molar-refractivity contribution in [3.8, 4) is 5.75 Å². The monoisotopic (exact) mass is 393 g/mol. The zero-order valence-electron chi connectivity index (χ0n) is 17.3. The molecular formula is C22H27N5O2. The molecule has 29 heavy (non-hydrogen) atoms. The van der Waals surface area contributed by atoms with E-state index in [1.165, 1.54) is 0 Å². The van der Waals surface area contributed by atoms with Crippen LogP contribution in [0.3, 0.4) is 0 Å². The van der Waals surface area contributed by atoms with Gasteiger partial charge in [0.05, 0.1) is 30.6 Å². The number of nitrogens with one attached hydrogen (secondary N) is 1. The summed E-state index contributed by atoms with van der Waals surface area (Å²) in [6, 6.07) is 9.93. The highest BCUT2D eigenvalue weighted by molar-refractivity contribution is 5.98. The summed E-state index contributed by atoms with van der Waals surface area (Å²) in [6.07, 6.45) is 1.79. The number of nitrogens with zero attached hydrogens (tertiary/aromatic N) is 4. The Kier molecular flexibility index (Phi) is 5.24. The zero-order chi connectivity index (χ0) is 20.5. The molecule has 1 aromatic carbocycles. The third kappa shape index (κ3) is 3.46. The normalized spacial score (nSPS) is 17.1. The molecule has 0 radical (unpaired) electrons. The Balaban J connectivity index is 1.73. The van der Waals surface area contributed by atoms with E-state index in [1.807, 2.05) is 46.8 Å². The van der Waals surface area contributed by atoms with Gasteiger partial charge in [-0.2, -0.15) is 5.10 Å². The van der Waals surface area contributed by atoms with Crippen molar-refractivity contribution in [1.82, 2.24) is 25.0 Å². The van der Waals surface area contributed by atoms with Crippen LogP contribution in [0, 0.1) is 6.92 Å². The van der Waals surface area contributed by atoms with Gasteiger partial charge in [-0.3, -0.25) is 4.79 Å². The molecule has 0 spiro atoms. The van der Waals surface area contributed by atoms with Crippen LogP contribution in [0.15, 0.2) is 36.5 Å². The van der Waals surface area contributed by atoms with Gasteiger partial charge in [-0.05, 0) is 32.9 Å². The summed E-state index contributed by atoms with van der Waals surface area (Å²) in [5, 5.41) is 8.73. The highest BCUT2D eigenvalue weighted by Crippen LogP contribution is 2.32. The van der Waals surface area contributed by atoms with E-state index >= 15 is 0 Å². The van der Waals surface area contributed by atoms with Gasteiger partial charge in [-0.1, -0.05) is 18.2 Å². The number of pyridine rings is 1. The van der Waals surface area contributed by atoms with Crippen molar-refractivity contribution in [3.63, 3.8) is 0 Å². The standard InChI is InChI=1S/C22H27N5O2/c1-14(2)27-21-16(12-24-27)11-18(15(3)25-21)22(28)26-10-9-23-13-19(26)17-7-5-6-8-20(17)29-4/h5-8,11-12,14,19,23H,9-10,13H2,1-4H3. The van der Waals surface area contributed by atoms with Gasteiger partial charge in [0.25, 0.3) is 5.91 Å². The zero-order valence-corrected chi connectivity index (χ0v) is 17.3. The van der Waals surface area contributed by atoms with Crippen LogP contribution in [0.25, 0.3) is 11.0 Å². The predicted octanol–water partition coefficient (Wildman–Crippen LogP) is 3.12. The summed E-state index contributed by atoms with van der Waals surface area (Å²) in [5.41, 5.74) is 3.18. The number of carbonyl (C=O) groups is 1. The number of hydrogen-bond acceptors (Lipinski definition) is 5. The molecule has 1 amide bonds. The summed E-state index contributed by atoms with van der Waals surface area (Å²) < 4.78 is 7.44. The van der Waals surface area contributed by atoms with Gasteiger partial charge in [0.15, 0.2) is 5.65 Å². The predicted molar refractivity (Wildman–Crippen MR) is 112 cm³/mol. The van der Waals surface area contributed by atoms with Gasteiger partial charge < -0.3 is 15.0 Å². The van der Waals surface area contributed by atoms with E-state index in [1.54, 1.807) is 13.3 Å². The molecule has 1 aliphatic rings. The van der Waals surface area contributed by atoms with Crippen LogP contribution in [0.4, 0.5) is 0 Å². The summed E-state index contributed by atoms with van der Waals surface area (Å²) >= 11 is 0. The van der Waals surface area contributed by atoms with Crippen LogP contribution in [0.2, 0.25) is 0 Å². The van der Waals surface area contributed by atoms with Crippen LogP contribution >= 0.6 is 0 Å². The first kappa shape index (κ1) is 19.4. The summed E-state index contributed by atoms with van der Waals surface area (Å²) in [4.78, 5) is 20.2. The molecule has 7 nitrogen and oxygen atoms in total. The lowest BCUT2D eigenvalue weighted by Crippen LogP contribution is -2.49. The number of para-hydroxylation sites is 1. The first-order valence-corrected chi connectivity index (χ1v) is 10.0. The van der Waals surface area contributed by atoms with Gasteiger partial charge >= 0.3 is 0 Å². The van der Waals surface area contributed by atoms with Crippen LogP contribution in [0.1, 0.15) is 47.5 Å². The average Bonchev–Trinajstić information content (AvgIpc) is 3.15. The van der Waals surface area contributed by atoms with Gasteiger partial charge in [-0.25, -0.2) is 9.67 Å². The van der Waals surface area contributed by atoms with Crippen LogP contribution in [-0.4, -0.2) is 52.3 Å². The van der Waals surface area contributed by atoms with Crippen LogP contribution in [-0.2, 0) is 0 Å². The number of ether oxygens (including phenoxy) is 1. The molecule has 1 aliphatic heterocycles. The summed E-state index contributed by atoms with van der Waals surface area (Å²) in [6.45, 7) is 8.11. The maximum atomic E-state index is 13.6. The van der Waals surface area contributed by atoms with Crippen LogP contribution < -0.4 is 10.1 Å². The highest BCUT2D eigenvalue weighted by atomic mass is 16.5. The number of benzene rings is 1. The Morgan fingerprint density at radius 1 is 1.31 bits per heavy atom. The van der Waals surface area contributed by atoms with Gasteiger partial charge in [0.2, 0.25) is 0 Å². The van der Waals surface area contributed by atoms with E-state index in [2.05, 4.69) is 24.3 Å². The minimum atomic E-state index is -0.0964. The molecule has 152 valence electrons. The Morgan fingerprint density at radius 3 is 2.86 bits per heavy atom. The Labute approximate surface area is 170 Å². The molecule has 1 N–H and O–H groups in total. The van der Waals surface area contributed by atoms with E-state index in [9.17, 15) is 4.79 Å². The molecule has 3 heterocycles. The number of amides is 1. The molecular weight excluding hydrogens is 366 g/mol. The Bertz CT molecular complexity index is 1040. The second-order valence-electron chi connectivity index (χ2n) is 7.68. The molecule has 4 rings (SSSR count). The number of fused-ring (bicyclic) bond motifs is 1. The van der Waals surface area contributed by atoms with Gasteiger partial charge in [-0.15, -0.1) is 0 Å². The SMILES string of the molecule is COc1ccccc1C1CNCCN1C(=O)c1cc2cnn(C(C)C)c2nc1C. The third-order valence-corrected chi connectivity index (χ3v) is 5.48. The Hall–Kier alpha value is -2.93. The van der Waals surface area contributed by atoms with Gasteiger partial charge in [0.1, 0.15) is 5.75 Å². The van der Waals surface area contributed by atoms with Crippen LogP contribution in [0.5, 0.6) is 5.75 Å². The van der Waals surface area contributed by atoms with Crippen molar-refractivity contribution in [3.05, 3.63) is 53.3 Å². The molecule has 1 saturated heterocycles. The average molecular weight is 393 g/mol. The number of carbonyl (C=O) groups excluding carboxylic acids is 1. The minimum absolute atomic E-state index is 0.00777. The fraction of sp³-hybridized carbons (Fsp3) is 0.409. The van der Waals surface area contributed by atoms with Crippen molar-refractivity contribution < 1.29 is 9.53 Å². The third-order valence-electron chi connectivity index (χ3n) is 5.48. The molecule has 1 fully saturated rings. The second-order valence-corrected chi connectivity index (χ2v) is 7.68. The molecule has 3 aromatic rings. The van der Waals surface area contributed by atoms with Crippen molar-refractivity contribution in [1.29, 1.82) is 0 Å². The summed E-state index contributed by atoms with van der Waals surface area (Å²) in [5.74, 6) is 0.786. The van der Waals surface area contributed by atoms with E-state index < -0.39 is 0 Å². The van der Waals surface area contributed by atoms with E-state index in [-0.39, 0.29) is 18.0 Å². The molecule has 0 aliphatic carbocycles. The fourth-order valence-corrected chi connectivity index (χ4v) is 3.98. The maximum absolute atomic E-state index is 13.6. The lowest BCUT2D eigenvalue weighted by Gasteiger charge is -2.37. The fourth-order valence-electron chi connectivity index (χ4n) is 3.98. The van der Waals surface area contributed by atoms with E-state index in [4.69, 9.17) is 9.72 Å². The van der Waals surface area contributed by atoms with E-state index in [0.717, 1.165) is 34.6 Å². The number of aryl methyl sites for hydroxylation is 1. The second kappa shape index (κ2) is 7.83. The smallest absolute Gasteiger partial charge is 0.256 e. The molecule has 7 heteroatoms. The maximum Gasteiger partial charge on any atom is 0.256 e. The molecule has 2 aromatic heterocycles. The molecule has 0 saturated carbocycles. The van der Waals surface area contributed by atoms with Gasteiger partial charge in [0, 0.05) is 36.6 Å². The number of methoxy groups -OCH3 is 1. The lowest BCUT2D eigenvalue weighted by atomic mass is 10.0. The molecule has 1 atom stereocenters. The summed E-state index contributed by atoms with van der Waals surface area (Å²) in [7, 11) is 1.66.